The van der Waals surface area contributed by atoms with E-state index in [1.54, 1.807) is 6.07 Å². The minimum atomic E-state index is -0.477. The minimum Gasteiger partial charge on any atom is -0.266 e. The maximum absolute atomic E-state index is 11.5. The Bertz CT molecular complexity index is 430. The van der Waals surface area contributed by atoms with Gasteiger partial charge in [-0.3, -0.25) is 14.4 Å². The molecule has 0 atom stereocenters. The Balaban J connectivity index is 2.58. The summed E-state index contributed by atoms with van der Waals surface area (Å²) in [5.41, 5.74) is 0.602. The summed E-state index contributed by atoms with van der Waals surface area (Å²) in [5.74, 6) is -0.931. The van der Waals surface area contributed by atoms with Crippen LogP contribution in [0.3, 0.4) is 0 Å². The van der Waals surface area contributed by atoms with Crippen LogP contribution in [0.15, 0.2) is 18.2 Å². The van der Waals surface area contributed by atoms with Crippen molar-refractivity contribution in [3.63, 3.8) is 0 Å². The number of rotatable bonds is 1. The van der Waals surface area contributed by atoms with E-state index < -0.39 is 11.8 Å². The molecule has 72 valence electrons. The van der Waals surface area contributed by atoms with E-state index in [-0.39, 0.29) is 5.56 Å². The number of fused-ring (bicyclic) bond motifs is 1. The third kappa shape index (κ3) is 1.12. The molecule has 14 heavy (non-hydrogen) atoms. The first-order chi connectivity index (χ1) is 6.65. The van der Waals surface area contributed by atoms with Gasteiger partial charge >= 0.3 is 0 Å². The number of carbonyl (C=O) groups excluding carboxylic acids is 2. The van der Waals surface area contributed by atoms with Crippen molar-refractivity contribution in [3.8, 4) is 0 Å². The topological polar surface area (TPSA) is 46.6 Å². The van der Waals surface area contributed by atoms with Gasteiger partial charge in [-0.15, -0.1) is 5.06 Å². The van der Waals surface area contributed by atoms with Gasteiger partial charge in [-0.25, -0.2) is 0 Å². The molecule has 0 saturated carbocycles. The van der Waals surface area contributed by atoms with E-state index in [2.05, 4.69) is 4.84 Å². The molecule has 5 heteroatoms. The monoisotopic (exact) mass is 211 g/mol. The Labute approximate surface area is 85.0 Å². The van der Waals surface area contributed by atoms with Crippen molar-refractivity contribution in [2.24, 2.45) is 0 Å². The molecule has 0 fully saturated rings. The molecule has 1 aliphatic heterocycles. The second-order valence-corrected chi connectivity index (χ2v) is 3.21. The summed E-state index contributed by atoms with van der Waals surface area (Å²) < 4.78 is 0. The predicted molar refractivity (Wildman–Crippen MR) is 49.0 cm³/mol. The number of nitrogens with zero attached hydrogens (tertiary/aromatic N) is 1. The van der Waals surface area contributed by atoms with Gasteiger partial charge in [0.05, 0.1) is 18.2 Å². The SMILES string of the molecule is CON1C(=O)c2ccc(Cl)cc2C1=O. The number of hydroxylamine groups is 2. The van der Waals surface area contributed by atoms with E-state index >= 15 is 0 Å². The summed E-state index contributed by atoms with van der Waals surface area (Å²) in [6.45, 7) is 0. The van der Waals surface area contributed by atoms with Gasteiger partial charge in [-0.2, -0.15) is 0 Å². The zero-order valence-electron chi connectivity index (χ0n) is 7.28. The lowest BCUT2D eigenvalue weighted by Crippen LogP contribution is -2.28. The van der Waals surface area contributed by atoms with Crippen molar-refractivity contribution in [1.29, 1.82) is 0 Å². The van der Waals surface area contributed by atoms with Crippen molar-refractivity contribution in [3.05, 3.63) is 34.3 Å². The van der Waals surface area contributed by atoms with Crippen LogP contribution in [0.25, 0.3) is 0 Å². The van der Waals surface area contributed by atoms with Crippen LogP contribution in [0, 0.1) is 0 Å². The molecule has 1 aromatic carbocycles. The molecule has 0 aromatic heterocycles. The second kappa shape index (κ2) is 3.08. The van der Waals surface area contributed by atoms with Gasteiger partial charge in [0.15, 0.2) is 0 Å². The van der Waals surface area contributed by atoms with Crippen LogP contribution < -0.4 is 0 Å². The van der Waals surface area contributed by atoms with Crippen LogP contribution in [0.1, 0.15) is 20.7 Å². The van der Waals surface area contributed by atoms with Gasteiger partial charge in [-0.1, -0.05) is 11.6 Å². The maximum Gasteiger partial charge on any atom is 0.285 e. The quantitative estimate of drug-likeness (QED) is 0.662. The molecule has 0 spiro atoms. The second-order valence-electron chi connectivity index (χ2n) is 2.78. The smallest absolute Gasteiger partial charge is 0.266 e. The normalized spacial score (nSPS) is 14.9. The molecule has 1 aromatic rings. The predicted octanol–water partition coefficient (Wildman–Crippen LogP) is 1.50. The fraction of sp³-hybridized carbons (Fsp3) is 0.111. The molecule has 0 unspecified atom stereocenters. The Morgan fingerprint density at radius 2 is 1.86 bits per heavy atom. The first kappa shape index (κ1) is 9.18. The standard InChI is InChI=1S/C9H6ClNO3/c1-14-11-8(12)6-3-2-5(10)4-7(6)9(11)13/h2-4H,1H3. The fourth-order valence-corrected chi connectivity index (χ4v) is 1.53. The van der Waals surface area contributed by atoms with Gasteiger partial charge in [-0.05, 0) is 18.2 Å². The number of halogens is 1. The molecule has 2 amide bonds. The van der Waals surface area contributed by atoms with Crippen molar-refractivity contribution < 1.29 is 14.4 Å². The molecule has 4 nitrogen and oxygen atoms in total. The summed E-state index contributed by atoms with van der Waals surface area (Å²) in [6, 6.07) is 4.53. The Hall–Kier alpha value is -1.39. The van der Waals surface area contributed by atoms with E-state index in [1.807, 2.05) is 0 Å². The minimum absolute atomic E-state index is 0.282. The van der Waals surface area contributed by atoms with E-state index in [0.717, 1.165) is 0 Å². The number of hydrogen-bond donors (Lipinski definition) is 0. The number of hydrogen-bond acceptors (Lipinski definition) is 3. The Morgan fingerprint density at radius 1 is 1.21 bits per heavy atom. The average Bonchev–Trinajstić information content (AvgIpc) is 2.39. The van der Waals surface area contributed by atoms with E-state index in [1.165, 1.54) is 19.2 Å². The molecule has 0 radical (unpaired) electrons. The van der Waals surface area contributed by atoms with Gasteiger partial charge < -0.3 is 0 Å². The lowest BCUT2D eigenvalue weighted by molar-refractivity contribution is -0.0645. The van der Waals surface area contributed by atoms with Crippen LogP contribution in [-0.2, 0) is 4.84 Å². The first-order valence-corrected chi connectivity index (χ1v) is 4.25. The lowest BCUT2D eigenvalue weighted by Gasteiger charge is -2.07. The van der Waals surface area contributed by atoms with Gasteiger partial charge in [0.2, 0.25) is 0 Å². The molecule has 1 heterocycles. The van der Waals surface area contributed by atoms with E-state index in [9.17, 15) is 9.59 Å². The van der Waals surface area contributed by atoms with Crippen LogP contribution in [0.5, 0.6) is 0 Å². The molecule has 0 saturated heterocycles. The van der Waals surface area contributed by atoms with Crippen molar-refractivity contribution in [1.82, 2.24) is 5.06 Å². The van der Waals surface area contributed by atoms with Crippen LogP contribution >= 0.6 is 11.6 Å². The zero-order chi connectivity index (χ0) is 10.3. The van der Waals surface area contributed by atoms with Crippen molar-refractivity contribution in [2.45, 2.75) is 0 Å². The number of amides is 2. The third-order valence-electron chi connectivity index (χ3n) is 1.99. The molecule has 0 N–H and O–H groups in total. The van der Waals surface area contributed by atoms with Crippen LogP contribution in [-0.4, -0.2) is 24.0 Å². The third-order valence-corrected chi connectivity index (χ3v) is 2.23. The highest BCUT2D eigenvalue weighted by molar-refractivity contribution is 6.32. The molecular formula is C9H6ClNO3. The van der Waals surface area contributed by atoms with E-state index in [0.29, 0.717) is 15.6 Å². The molecule has 2 rings (SSSR count). The van der Waals surface area contributed by atoms with Gasteiger partial charge in [0.25, 0.3) is 11.8 Å². The summed E-state index contributed by atoms with van der Waals surface area (Å²) in [5, 5.41) is 1.13. The summed E-state index contributed by atoms with van der Waals surface area (Å²) in [4.78, 5) is 27.6. The largest absolute Gasteiger partial charge is 0.285 e. The zero-order valence-corrected chi connectivity index (χ0v) is 8.04. The van der Waals surface area contributed by atoms with Gasteiger partial charge in [0.1, 0.15) is 0 Å². The summed E-state index contributed by atoms with van der Waals surface area (Å²) in [6.07, 6.45) is 0. The van der Waals surface area contributed by atoms with Crippen LogP contribution in [0.4, 0.5) is 0 Å². The Morgan fingerprint density at radius 3 is 2.50 bits per heavy atom. The molecule has 0 aliphatic carbocycles. The van der Waals surface area contributed by atoms with E-state index in [4.69, 9.17) is 11.6 Å². The number of carbonyl (C=O) groups is 2. The number of benzene rings is 1. The highest BCUT2D eigenvalue weighted by atomic mass is 35.5. The molecular weight excluding hydrogens is 206 g/mol. The first-order valence-electron chi connectivity index (χ1n) is 3.87. The molecule has 0 bridgehead atoms. The van der Waals surface area contributed by atoms with Crippen molar-refractivity contribution in [2.75, 3.05) is 7.11 Å². The number of imide groups is 1. The average molecular weight is 212 g/mol. The molecule has 1 aliphatic rings. The Kier molecular flexibility index (Phi) is 2.02. The highest BCUT2D eigenvalue weighted by Crippen LogP contribution is 2.25. The summed E-state index contributed by atoms with van der Waals surface area (Å²) >= 11 is 5.70. The lowest BCUT2D eigenvalue weighted by atomic mass is 10.1. The fourth-order valence-electron chi connectivity index (χ4n) is 1.36. The van der Waals surface area contributed by atoms with Crippen LogP contribution in [0.2, 0.25) is 5.02 Å². The van der Waals surface area contributed by atoms with Crippen molar-refractivity contribution >= 4 is 23.4 Å². The maximum atomic E-state index is 11.5. The highest BCUT2D eigenvalue weighted by Gasteiger charge is 2.36. The summed E-state index contributed by atoms with van der Waals surface area (Å²) in [7, 11) is 1.27. The van der Waals surface area contributed by atoms with Gasteiger partial charge in [0, 0.05) is 5.02 Å².